The van der Waals surface area contributed by atoms with Crippen LogP contribution in [0.25, 0.3) is 0 Å². The van der Waals surface area contributed by atoms with Gasteiger partial charge in [-0.3, -0.25) is 4.79 Å². The predicted octanol–water partition coefficient (Wildman–Crippen LogP) is 3.25. The summed E-state index contributed by atoms with van der Waals surface area (Å²) in [4.78, 5) is 11.5. The molecule has 0 aromatic rings. The lowest BCUT2D eigenvalue weighted by Crippen LogP contribution is -2.10. The molecule has 0 spiro atoms. The Labute approximate surface area is 110 Å². The van der Waals surface area contributed by atoms with E-state index in [-0.39, 0.29) is 5.78 Å². The maximum atomic E-state index is 11.5. The fraction of sp³-hybridized carbons (Fsp3) is 0.933. The molecule has 2 aliphatic rings. The first-order valence-electron chi connectivity index (χ1n) is 7.61. The van der Waals surface area contributed by atoms with Crippen molar-refractivity contribution >= 4 is 5.78 Å². The van der Waals surface area contributed by atoms with Crippen molar-refractivity contribution in [2.24, 2.45) is 0 Å². The van der Waals surface area contributed by atoms with Crippen molar-refractivity contribution in [3.8, 4) is 0 Å². The van der Waals surface area contributed by atoms with E-state index in [2.05, 4.69) is 0 Å². The molecule has 2 saturated heterocycles. The normalized spacial score (nSPS) is 32.8. The van der Waals surface area contributed by atoms with Crippen LogP contribution in [0.1, 0.15) is 64.2 Å². The third-order valence-corrected chi connectivity index (χ3v) is 3.94. The highest BCUT2D eigenvalue weighted by molar-refractivity contribution is 5.79. The number of ketones is 1. The van der Waals surface area contributed by atoms with Crippen LogP contribution < -0.4 is 0 Å². The van der Waals surface area contributed by atoms with E-state index in [0.717, 1.165) is 12.8 Å². The van der Waals surface area contributed by atoms with Crippen molar-refractivity contribution in [2.75, 3.05) is 13.2 Å². The molecular weight excluding hydrogens is 228 g/mol. The largest absolute Gasteiger partial charge is 0.374 e. The average molecular weight is 254 g/mol. The monoisotopic (exact) mass is 254 g/mol. The predicted molar refractivity (Wildman–Crippen MR) is 70.7 cm³/mol. The Balaban J connectivity index is 1.64. The van der Waals surface area contributed by atoms with E-state index in [1.54, 1.807) is 0 Å². The summed E-state index contributed by atoms with van der Waals surface area (Å²) < 4.78 is 11.0. The molecule has 2 fully saturated rings. The van der Waals surface area contributed by atoms with Crippen LogP contribution in [0.4, 0.5) is 0 Å². The minimum absolute atomic E-state index is 0.260. The Morgan fingerprint density at radius 1 is 0.833 bits per heavy atom. The molecule has 0 aliphatic carbocycles. The summed E-state index contributed by atoms with van der Waals surface area (Å²) in [5.74, 6) is 0.260. The Bertz CT molecular complexity index is 252. The van der Waals surface area contributed by atoms with Crippen LogP contribution in [0.2, 0.25) is 0 Å². The molecule has 2 unspecified atom stereocenters. The zero-order chi connectivity index (χ0) is 12.6. The molecule has 2 heterocycles. The van der Waals surface area contributed by atoms with Crippen molar-refractivity contribution in [3.05, 3.63) is 0 Å². The Morgan fingerprint density at radius 2 is 1.50 bits per heavy atom. The molecule has 3 heteroatoms. The SMILES string of the molecule is O=C1CCCCCCCCCC2OC2CCOC1. The van der Waals surface area contributed by atoms with Crippen molar-refractivity contribution in [1.82, 2.24) is 0 Å². The topological polar surface area (TPSA) is 38.8 Å². The zero-order valence-corrected chi connectivity index (χ0v) is 11.4. The summed E-state index contributed by atoms with van der Waals surface area (Å²) in [6.45, 7) is 0.976. The van der Waals surface area contributed by atoms with Crippen molar-refractivity contribution in [2.45, 2.75) is 76.4 Å². The fourth-order valence-corrected chi connectivity index (χ4v) is 2.70. The standard InChI is InChI=1S/C15H26O3/c16-13-8-6-4-2-1-3-5-7-9-14-15(18-14)10-11-17-12-13/h14-15H,1-12H2. The molecule has 2 rings (SSSR count). The molecule has 0 amide bonds. The molecule has 0 aromatic heterocycles. The smallest absolute Gasteiger partial charge is 0.158 e. The second kappa shape index (κ2) is 7.90. The van der Waals surface area contributed by atoms with Gasteiger partial charge in [0.15, 0.2) is 5.78 Å². The van der Waals surface area contributed by atoms with Gasteiger partial charge in [0.05, 0.1) is 12.2 Å². The van der Waals surface area contributed by atoms with Gasteiger partial charge in [0, 0.05) is 13.0 Å². The molecule has 0 bridgehead atoms. The van der Waals surface area contributed by atoms with Gasteiger partial charge >= 0.3 is 0 Å². The highest BCUT2D eigenvalue weighted by atomic mass is 16.6. The molecule has 2 aliphatic heterocycles. The van der Waals surface area contributed by atoms with Gasteiger partial charge < -0.3 is 9.47 Å². The first kappa shape index (κ1) is 14.0. The van der Waals surface area contributed by atoms with E-state index < -0.39 is 0 Å². The quantitative estimate of drug-likeness (QED) is 0.623. The van der Waals surface area contributed by atoms with Gasteiger partial charge in [-0.05, 0) is 19.3 Å². The van der Waals surface area contributed by atoms with Crippen molar-refractivity contribution < 1.29 is 14.3 Å². The highest BCUT2D eigenvalue weighted by Gasteiger charge is 2.37. The molecule has 18 heavy (non-hydrogen) atoms. The molecule has 0 radical (unpaired) electrons. The second-order valence-electron chi connectivity index (χ2n) is 5.61. The minimum atomic E-state index is 0.260. The second-order valence-corrected chi connectivity index (χ2v) is 5.61. The van der Waals surface area contributed by atoms with Crippen LogP contribution in [0.5, 0.6) is 0 Å². The van der Waals surface area contributed by atoms with E-state index in [0.29, 0.717) is 31.8 Å². The summed E-state index contributed by atoms with van der Waals surface area (Å²) >= 11 is 0. The highest BCUT2D eigenvalue weighted by Crippen LogP contribution is 2.30. The van der Waals surface area contributed by atoms with Crippen LogP contribution in [-0.2, 0) is 14.3 Å². The van der Waals surface area contributed by atoms with E-state index in [4.69, 9.17) is 9.47 Å². The van der Waals surface area contributed by atoms with Crippen LogP contribution in [-0.4, -0.2) is 31.2 Å². The number of ether oxygens (including phenoxy) is 2. The first-order valence-corrected chi connectivity index (χ1v) is 7.61. The molecule has 2 atom stereocenters. The van der Waals surface area contributed by atoms with Gasteiger partial charge in [-0.25, -0.2) is 0 Å². The lowest BCUT2D eigenvalue weighted by Gasteiger charge is -2.04. The number of carbonyl (C=O) groups is 1. The molecule has 0 saturated carbocycles. The Kier molecular flexibility index (Phi) is 6.15. The van der Waals surface area contributed by atoms with Crippen LogP contribution in [0.3, 0.4) is 0 Å². The van der Waals surface area contributed by atoms with Crippen LogP contribution in [0, 0.1) is 0 Å². The van der Waals surface area contributed by atoms with Crippen molar-refractivity contribution in [3.63, 3.8) is 0 Å². The minimum Gasteiger partial charge on any atom is -0.374 e. The summed E-state index contributed by atoms with van der Waals surface area (Å²) in [6, 6.07) is 0. The number of hydrogen-bond acceptors (Lipinski definition) is 3. The number of carbonyl (C=O) groups excluding carboxylic acids is 1. The maximum absolute atomic E-state index is 11.5. The lowest BCUT2D eigenvalue weighted by atomic mass is 10.0. The number of fused-ring (bicyclic) bond motifs is 1. The number of epoxide rings is 1. The zero-order valence-electron chi connectivity index (χ0n) is 11.4. The van der Waals surface area contributed by atoms with Gasteiger partial charge in [-0.2, -0.15) is 0 Å². The number of Topliss-reactive ketones (excluding diaryl/α,β-unsaturated/α-hetero) is 1. The van der Waals surface area contributed by atoms with E-state index in [9.17, 15) is 4.79 Å². The average Bonchev–Trinajstić information content (AvgIpc) is 3.10. The molecule has 104 valence electrons. The van der Waals surface area contributed by atoms with E-state index in [1.807, 2.05) is 0 Å². The van der Waals surface area contributed by atoms with Gasteiger partial charge in [-0.1, -0.05) is 38.5 Å². The van der Waals surface area contributed by atoms with Crippen LogP contribution in [0.15, 0.2) is 0 Å². The number of hydrogen-bond donors (Lipinski definition) is 0. The third-order valence-electron chi connectivity index (χ3n) is 3.94. The molecule has 0 N–H and O–H groups in total. The lowest BCUT2D eigenvalue weighted by molar-refractivity contribution is -0.123. The first-order chi connectivity index (χ1) is 8.86. The molecular formula is C15H26O3. The summed E-state index contributed by atoms with van der Waals surface area (Å²) in [6.07, 6.45) is 12.6. The van der Waals surface area contributed by atoms with E-state index >= 15 is 0 Å². The summed E-state index contributed by atoms with van der Waals surface area (Å²) in [5, 5.41) is 0. The van der Waals surface area contributed by atoms with Crippen molar-refractivity contribution in [1.29, 1.82) is 0 Å². The number of rotatable bonds is 0. The molecule has 0 aromatic carbocycles. The third kappa shape index (κ3) is 5.49. The van der Waals surface area contributed by atoms with Gasteiger partial charge in [0.25, 0.3) is 0 Å². The van der Waals surface area contributed by atoms with Gasteiger partial charge in [0.1, 0.15) is 6.61 Å². The molecule has 3 nitrogen and oxygen atoms in total. The summed E-state index contributed by atoms with van der Waals surface area (Å²) in [7, 11) is 0. The summed E-state index contributed by atoms with van der Waals surface area (Å²) in [5.41, 5.74) is 0. The Hall–Kier alpha value is -0.410. The maximum Gasteiger partial charge on any atom is 0.158 e. The van der Waals surface area contributed by atoms with Gasteiger partial charge in [0.2, 0.25) is 0 Å². The van der Waals surface area contributed by atoms with E-state index in [1.165, 1.54) is 44.9 Å². The van der Waals surface area contributed by atoms with Crippen LogP contribution >= 0.6 is 0 Å². The Morgan fingerprint density at radius 3 is 2.33 bits per heavy atom. The van der Waals surface area contributed by atoms with Gasteiger partial charge in [-0.15, -0.1) is 0 Å². The fourth-order valence-electron chi connectivity index (χ4n) is 2.70.